The topological polar surface area (TPSA) is 76.3 Å². The van der Waals surface area contributed by atoms with Gasteiger partial charge in [0.15, 0.2) is 0 Å². The van der Waals surface area contributed by atoms with Gasteiger partial charge >= 0.3 is 6.09 Å². The van der Waals surface area contributed by atoms with E-state index in [0.29, 0.717) is 11.8 Å². The van der Waals surface area contributed by atoms with Crippen LogP contribution in [0.1, 0.15) is 52.9 Å². The second-order valence-corrected chi connectivity index (χ2v) is 11.8. The molecule has 1 aliphatic carbocycles. The van der Waals surface area contributed by atoms with E-state index >= 15 is 0 Å². The van der Waals surface area contributed by atoms with Gasteiger partial charge < -0.3 is 28.6 Å². The van der Waals surface area contributed by atoms with E-state index in [2.05, 4.69) is 25.7 Å². The Morgan fingerprint density at radius 1 is 1.18 bits per heavy atom. The number of carbonyl (C=O) groups excluding carboxylic acids is 1. The third-order valence-electron chi connectivity index (χ3n) is 8.93. The van der Waals surface area contributed by atoms with Gasteiger partial charge in [-0.05, 0) is 57.4 Å². The minimum atomic E-state index is -0.265. The van der Waals surface area contributed by atoms with Crippen LogP contribution < -0.4 is 0 Å². The van der Waals surface area contributed by atoms with Crippen LogP contribution >= 0.6 is 0 Å². The van der Waals surface area contributed by atoms with Gasteiger partial charge in [0.05, 0.1) is 31.8 Å². The lowest BCUT2D eigenvalue weighted by Gasteiger charge is -2.44. The summed E-state index contributed by atoms with van der Waals surface area (Å²) in [7, 11) is 1.74. The molecule has 1 spiro atoms. The Bertz CT molecular complexity index is 718. The van der Waals surface area contributed by atoms with E-state index in [1.807, 2.05) is 4.90 Å². The smallest absolute Gasteiger partial charge is 0.410 e. The van der Waals surface area contributed by atoms with Gasteiger partial charge in [0, 0.05) is 33.3 Å². The van der Waals surface area contributed by atoms with Crippen LogP contribution in [0, 0.1) is 17.8 Å². The van der Waals surface area contributed by atoms with Crippen LogP contribution in [-0.2, 0) is 23.7 Å². The van der Waals surface area contributed by atoms with Gasteiger partial charge in [-0.1, -0.05) is 13.8 Å². The van der Waals surface area contributed by atoms with Crippen molar-refractivity contribution >= 4 is 6.09 Å². The number of epoxide rings is 2. The fraction of sp³-hybridized carbons (Fsp3) is 0.962. The molecular weight excluding hydrogens is 436 g/mol. The third-order valence-corrected chi connectivity index (χ3v) is 8.93. The molecule has 4 unspecified atom stereocenters. The van der Waals surface area contributed by atoms with Gasteiger partial charge in [0.25, 0.3) is 0 Å². The Kier molecular flexibility index (Phi) is 7.17. The number of nitrogens with zero attached hydrogens (tertiary/aromatic N) is 2. The second-order valence-electron chi connectivity index (χ2n) is 11.8. The lowest BCUT2D eigenvalue weighted by molar-refractivity contribution is -0.124. The minimum Gasteiger partial charge on any atom is -0.443 e. The summed E-state index contributed by atoms with van der Waals surface area (Å²) in [4.78, 5) is 17.3. The first-order valence-electron chi connectivity index (χ1n) is 13.4. The van der Waals surface area contributed by atoms with E-state index in [0.717, 1.165) is 84.6 Å². The maximum Gasteiger partial charge on any atom is 0.410 e. The van der Waals surface area contributed by atoms with Crippen LogP contribution in [0.5, 0.6) is 0 Å². The Balaban J connectivity index is 1.13. The fourth-order valence-electron chi connectivity index (χ4n) is 6.57. The molecule has 194 valence electrons. The molecule has 4 aliphatic heterocycles. The van der Waals surface area contributed by atoms with E-state index in [1.54, 1.807) is 7.11 Å². The number of methoxy groups -OCH3 is 1. The molecule has 0 radical (unpaired) electrons. The van der Waals surface area contributed by atoms with E-state index in [9.17, 15) is 4.79 Å². The van der Waals surface area contributed by atoms with Crippen molar-refractivity contribution in [3.63, 3.8) is 0 Å². The summed E-state index contributed by atoms with van der Waals surface area (Å²) in [6, 6.07) is 0. The molecule has 6 atom stereocenters. The van der Waals surface area contributed by atoms with Gasteiger partial charge in [0.2, 0.25) is 0 Å². The van der Waals surface area contributed by atoms with Crippen LogP contribution in [0.15, 0.2) is 0 Å². The zero-order valence-electron chi connectivity index (χ0n) is 21.5. The summed E-state index contributed by atoms with van der Waals surface area (Å²) in [5, 5.41) is 0. The maximum atomic E-state index is 13.0. The van der Waals surface area contributed by atoms with Crippen LogP contribution in [-0.4, -0.2) is 105 Å². The molecule has 0 bridgehead atoms. The normalized spacial score (nSPS) is 40.4. The lowest BCUT2D eigenvalue weighted by atomic mass is 9.68. The van der Waals surface area contributed by atoms with Gasteiger partial charge in [-0.2, -0.15) is 0 Å². The van der Waals surface area contributed by atoms with E-state index in [4.69, 9.17) is 23.7 Å². The number of hydrogen-bond acceptors (Lipinski definition) is 7. The van der Waals surface area contributed by atoms with Crippen molar-refractivity contribution in [3.05, 3.63) is 0 Å². The number of ether oxygens (including phenoxy) is 5. The van der Waals surface area contributed by atoms with E-state index in [1.165, 1.54) is 0 Å². The van der Waals surface area contributed by atoms with Gasteiger partial charge in [-0.3, -0.25) is 4.90 Å². The second kappa shape index (κ2) is 9.85. The van der Waals surface area contributed by atoms with Crippen molar-refractivity contribution < 1.29 is 28.5 Å². The summed E-state index contributed by atoms with van der Waals surface area (Å²) < 4.78 is 29.8. The highest BCUT2D eigenvalue weighted by Crippen LogP contribution is 2.59. The number of rotatable bonds is 9. The third kappa shape index (κ3) is 4.99. The van der Waals surface area contributed by atoms with Crippen molar-refractivity contribution in [2.24, 2.45) is 17.8 Å². The number of morpholine rings is 1. The van der Waals surface area contributed by atoms with Crippen molar-refractivity contribution in [1.82, 2.24) is 9.80 Å². The van der Waals surface area contributed by atoms with Crippen LogP contribution in [0.25, 0.3) is 0 Å². The molecule has 34 heavy (non-hydrogen) atoms. The van der Waals surface area contributed by atoms with Crippen LogP contribution in [0.2, 0.25) is 0 Å². The van der Waals surface area contributed by atoms with Crippen LogP contribution in [0.3, 0.4) is 0 Å². The van der Waals surface area contributed by atoms with Gasteiger partial charge in [-0.15, -0.1) is 0 Å². The molecule has 0 aromatic rings. The highest BCUT2D eigenvalue weighted by molar-refractivity contribution is 5.69. The largest absolute Gasteiger partial charge is 0.443 e. The van der Waals surface area contributed by atoms with Crippen molar-refractivity contribution in [1.29, 1.82) is 0 Å². The quantitative estimate of drug-likeness (QED) is 0.470. The standard InChI is InChI=1S/C26H44N2O6/c1-18(2)5-6-21-25(3,34-21)23-22(30-4)20(7-9-26(23)17-32-26)33-24(29)28-15-19(16-28)8-10-27-11-13-31-14-12-27/h18-23H,5-17H2,1-4H3/t20?,21-,22?,23?,25+,26?/m1/s1. The highest BCUT2D eigenvalue weighted by Gasteiger charge is 2.72. The van der Waals surface area contributed by atoms with E-state index in [-0.39, 0.29) is 41.5 Å². The summed E-state index contributed by atoms with van der Waals surface area (Å²) in [6.45, 7) is 13.8. The molecule has 0 N–H and O–H groups in total. The summed E-state index contributed by atoms with van der Waals surface area (Å²) in [6.07, 6.45) is 4.59. The summed E-state index contributed by atoms with van der Waals surface area (Å²) in [5.74, 6) is 1.31. The molecule has 1 saturated carbocycles. The molecule has 0 aromatic heterocycles. The lowest BCUT2D eigenvalue weighted by Crippen LogP contribution is -2.57. The number of carbonyl (C=O) groups is 1. The molecule has 8 heteroatoms. The maximum absolute atomic E-state index is 13.0. The molecule has 8 nitrogen and oxygen atoms in total. The molecule has 1 amide bonds. The predicted molar refractivity (Wildman–Crippen MR) is 127 cm³/mol. The SMILES string of the molecule is COC1C(OC(=O)N2CC(CCN3CCOCC3)C2)CCC2(CO2)C1[C@@]1(C)O[C@@H]1CCC(C)C. The first kappa shape index (κ1) is 24.8. The zero-order valence-corrected chi connectivity index (χ0v) is 21.5. The number of likely N-dealkylation sites (tertiary alicyclic amines) is 1. The minimum absolute atomic E-state index is 0.0892. The molecule has 0 aromatic carbocycles. The first-order chi connectivity index (χ1) is 16.3. The monoisotopic (exact) mass is 480 g/mol. The van der Waals surface area contributed by atoms with E-state index < -0.39 is 0 Å². The number of amides is 1. The Hall–Kier alpha value is -0.930. The predicted octanol–water partition coefficient (Wildman–Crippen LogP) is 2.93. The molecule has 4 saturated heterocycles. The Morgan fingerprint density at radius 2 is 1.91 bits per heavy atom. The molecule has 4 heterocycles. The van der Waals surface area contributed by atoms with Gasteiger partial charge in [0.1, 0.15) is 23.4 Å². The summed E-state index contributed by atoms with van der Waals surface area (Å²) >= 11 is 0. The van der Waals surface area contributed by atoms with Crippen molar-refractivity contribution in [2.45, 2.75) is 82.4 Å². The number of hydrogen-bond donors (Lipinski definition) is 0. The Labute approximate surface area is 204 Å². The average Bonchev–Trinajstić information content (AvgIpc) is 3.70. The zero-order chi connectivity index (χ0) is 23.9. The molecule has 5 aliphatic rings. The van der Waals surface area contributed by atoms with Gasteiger partial charge in [-0.25, -0.2) is 4.79 Å². The van der Waals surface area contributed by atoms with Crippen molar-refractivity contribution in [3.8, 4) is 0 Å². The molecule has 5 rings (SSSR count). The summed E-state index contributed by atoms with van der Waals surface area (Å²) in [5.41, 5.74) is -0.440. The Morgan fingerprint density at radius 3 is 2.56 bits per heavy atom. The molecule has 5 fully saturated rings. The fourth-order valence-corrected chi connectivity index (χ4v) is 6.57. The van der Waals surface area contributed by atoms with Crippen LogP contribution in [0.4, 0.5) is 4.79 Å². The van der Waals surface area contributed by atoms with Crippen molar-refractivity contribution in [2.75, 3.05) is 59.7 Å². The highest BCUT2D eigenvalue weighted by atomic mass is 16.6. The average molecular weight is 481 g/mol. The molecular formula is C26H44N2O6. The first-order valence-corrected chi connectivity index (χ1v) is 13.4.